The molecule has 0 bridgehead atoms. The fourth-order valence-corrected chi connectivity index (χ4v) is 2.96. The fourth-order valence-electron chi connectivity index (χ4n) is 2.59. The zero-order valence-corrected chi connectivity index (χ0v) is 15.1. The fraction of sp³-hybridized carbons (Fsp3) is 0.100. The zero-order valence-electron chi connectivity index (χ0n) is 14.3. The van der Waals surface area contributed by atoms with Gasteiger partial charge >= 0.3 is 0 Å². The molecule has 0 fully saturated rings. The van der Waals surface area contributed by atoms with Gasteiger partial charge in [-0.25, -0.2) is 4.39 Å². The van der Waals surface area contributed by atoms with Gasteiger partial charge in [-0.3, -0.25) is 9.78 Å². The van der Waals surface area contributed by atoms with Gasteiger partial charge in [-0.2, -0.15) is 0 Å². The Morgan fingerprint density at radius 2 is 1.77 bits per heavy atom. The minimum atomic E-state index is -0.313. The van der Waals surface area contributed by atoms with Gasteiger partial charge in [0.05, 0.1) is 28.2 Å². The first kappa shape index (κ1) is 17.9. The van der Waals surface area contributed by atoms with E-state index in [1.54, 1.807) is 30.5 Å². The van der Waals surface area contributed by atoms with Gasteiger partial charge in [0.1, 0.15) is 5.82 Å². The number of aryl methyl sites for hydroxylation is 2. The Balaban J connectivity index is 1.79. The van der Waals surface area contributed by atoms with Crippen LogP contribution in [-0.2, 0) is 0 Å². The van der Waals surface area contributed by atoms with Crippen molar-refractivity contribution in [2.75, 3.05) is 10.6 Å². The summed E-state index contributed by atoms with van der Waals surface area (Å²) in [4.78, 5) is 16.7. The lowest BCUT2D eigenvalue weighted by Crippen LogP contribution is -2.14. The Morgan fingerprint density at radius 3 is 2.46 bits per heavy atom. The van der Waals surface area contributed by atoms with Crippen molar-refractivity contribution in [3.8, 4) is 0 Å². The number of aromatic nitrogens is 1. The summed E-state index contributed by atoms with van der Waals surface area (Å²) < 4.78 is 13.0. The Hall–Kier alpha value is -2.92. The second-order valence-corrected chi connectivity index (χ2v) is 6.39. The van der Waals surface area contributed by atoms with Crippen LogP contribution in [0, 0.1) is 19.7 Å². The molecule has 0 radical (unpaired) electrons. The number of hydrogen-bond acceptors (Lipinski definition) is 3. The predicted molar refractivity (Wildman–Crippen MR) is 103 cm³/mol. The van der Waals surface area contributed by atoms with Gasteiger partial charge < -0.3 is 10.6 Å². The predicted octanol–water partition coefficient (Wildman–Crippen LogP) is 5.49. The van der Waals surface area contributed by atoms with Crippen molar-refractivity contribution in [1.29, 1.82) is 0 Å². The number of amides is 1. The first-order valence-electron chi connectivity index (χ1n) is 7.98. The summed E-state index contributed by atoms with van der Waals surface area (Å²) in [6.07, 6.45) is 3.06. The highest BCUT2D eigenvalue weighted by Gasteiger charge is 2.12. The van der Waals surface area contributed by atoms with Crippen LogP contribution in [0.15, 0.2) is 54.9 Å². The van der Waals surface area contributed by atoms with E-state index in [-0.39, 0.29) is 11.7 Å². The molecule has 0 saturated carbocycles. The molecule has 4 nitrogen and oxygen atoms in total. The number of nitrogens with one attached hydrogen (secondary N) is 2. The Bertz CT molecular complexity index is 935. The van der Waals surface area contributed by atoms with E-state index in [9.17, 15) is 9.18 Å². The molecule has 0 saturated heterocycles. The van der Waals surface area contributed by atoms with E-state index in [1.165, 1.54) is 18.3 Å². The third-order valence-electron chi connectivity index (χ3n) is 3.80. The van der Waals surface area contributed by atoms with Crippen molar-refractivity contribution in [2.24, 2.45) is 0 Å². The van der Waals surface area contributed by atoms with Gasteiger partial charge in [0, 0.05) is 11.9 Å². The molecule has 0 aliphatic rings. The van der Waals surface area contributed by atoms with Crippen molar-refractivity contribution >= 4 is 34.6 Å². The van der Waals surface area contributed by atoms with Crippen molar-refractivity contribution in [3.63, 3.8) is 0 Å². The summed E-state index contributed by atoms with van der Waals surface area (Å²) in [6.45, 7) is 3.83. The van der Waals surface area contributed by atoms with Crippen LogP contribution in [0.5, 0.6) is 0 Å². The SMILES string of the molecule is Cc1cc(C)c(NC(=O)c2cncc(Nc3ccc(F)cc3)c2)c(Cl)c1. The number of hydrogen-bond donors (Lipinski definition) is 2. The van der Waals surface area contributed by atoms with E-state index in [0.29, 0.717) is 27.6 Å². The molecule has 0 unspecified atom stereocenters. The largest absolute Gasteiger partial charge is 0.354 e. The van der Waals surface area contributed by atoms with E-state index in [4.69, 9.17) is 11.6 Å². The quantitative estimate of drug-likeness (QED) is 0.639. The van der Waals surface area contributed by atoms with E-state index >= 15 is 0 Å². The molecule has 0 aliphatic carbocycles. The van der Waals surface area contributed by atoms with Crippen LogP contribution < -0.4 is 10.6 Å². The van der Waals surface area contributed by atoms with Crippen molar-refractivity contribution in [3.05, 3.63) is 82.4 Å². The molecule has 1 amide bonds. The van der Waals surface area contributed by atoms with Gasteiger partial charge in [-0.1, -0.05) is 17.7 Å². The summed E-state index contributed by atoms with van der Waals surface area (Å²) >= 11 is 6.24. The first-order chi connectivity index (χ1) is 12.4. The number of rotatable bonds is 4. The lowest BCUT2D eigenvalue weighted by atomic mass is 10.1. The van der Waals surface area contributed by atoms with Crippen LogP contribution in [0.25, 0.3) is 0 Å². The standard InChI is InChI=1S/C20H17ClFN3O/c1-12-7-13(2)19(18(21)8-12)25-20(26)14-9-17(11-23-10-14)24-16-5-3-15(22)4-6-16/h3-11,24H,1-2H3,(H,25,26). The summed E-state index contributed by atoms with van der Waals surface area (Å²) in [6, 6.07) is 11.3. The maximum atomic E-state index is 13.0. The van der Waals surface area contributed by atoms with Crippen LogP contribution in [0.3, 0.4) is 0 Å². The molecule has 0 atom stereocenters. The summed E-state index contributed by atoms with van der Waals surface area (Å²) in [7, 11) is 0. The smallest absolute Gasteiger partial charge is 0.257 e. The minimum absolute atomic E-state index is 0.311. The topological polar surface area (TPSA) is 54.0 Å². The highest BCUT2D eigenvalue weighted by molar-refractivity contribution is 6.34. The lowest BCUT2D eigenvalue weighted by Gasteiger charge is -2.12. The highest BCUT2D eigenvalue weighted by Crippen LogP contribution is 2.28. The van der Waals surface area contributed by atoms with Crippen LogP contribution in [0.4, 0.5) is 21.5 Å². The molecule has 3 aromatic rings. The van der Waals surface area contributed by atoms with Gasteiger partial charge in [-0.05, 0) is 61.4 Å². The van der Waals surface area contributed by atoms with Gasteiger partial charge in [0.2, 0.25) is 0 Å². The average Bonchev–Trinajstić information content (AvgIpc) is 2.60. The molecule has 132 valence electrons. The molecule has 26 heavy (non-hydrogen) atoms. The van der Waals surface area contributed by atoms with Crippen LogP contribution in [0.2, 0.25) is 5.02 Å². The van der Waals surface area contributed by atoms with Gasteiger partial charge in [0.25, 0.3) is 5.91 Å². The highest BCUT2D eigenvalue weighted by atomic mass is 35.5. The summed E-state index contributed by atoms with van der Waals surface area (Å²) in [5.41, 5.74) is 4.20. The van der Waals surface area contributed by atoms with Gasteiger partial charge in [0.15, 0.2) is 0 Å². The number of carbonyl (C=O) groups excluding carboxylic acids is 1. The Kier molecular flexibility index (Phi) is 5.19. The number of benzene rings is 2. The number of nitrogens with zero attached hydrogens (tertiary/aromatic N) is 1. The van der Waals surface area contributed by atoms with E-state index in [2.05, 4.69) is 15.6 Å². The molecule has 2 N–H and O–H groups in total. The van der Waals surface area contributed by atoms with E-state index < -0.39 is 0 Å². The van der Waals surface area contributed by atoms with Crippen LogP contribution in [-0.4, -0.2) is 10.9 Å². The number of carbonyl (C=O) groups is 1. The van der Waals surface area contributed by atoms with Gasteiger partial charge in [-0.15, -0.1) is 0 Å². The Morgan fingerprint density at radius 1 is 1.04 bits per heavy atom. The number of halogens is 2. The molecular formula is C20H17ClFN3O. The Labute approximate surface area is 156 Å². The number of anilines is 3. The van der Waals surface area contributed by atoms with Crippen molar-refractivity contribution in [2.45, 2.75) is 13.8 Å². The summed E-state index contributed by atoms with van der Waals surface area (Å²) in [5, 5.41) is 6.41. The van der Waals surface area contributed by atoms with E-state index in [0.717, 1.165) is 11.1 Å². The molecule has 2 aromatic carbocycles. The molecule has 1 aromatic heterocycles. The van der Waals surface area contributed by atoms with Crippen molar-refractivity contribution < 1.29 is 9.18 Å². The molecule has 0 aliphatic heterocycles. The molecule has 0 spiro atoms. The second-order valence-electron chi connectivity index (χ2n) is 5.99. The third kappa shape index (κ3) is 4.18. The molecular weight excluding hydrogens is 353 g/mol. The normalized spacial score (nSPS) is 10.5. The number of pyridine rings is 1. The zero-order chi connectivity index (χ0) is 18.7. The molecule has 1 heterocycles. The maximum absolute atomic E-state index is 13.0. The summed E-state index contributed by atoms with van der Waals surface area (Å²) in [5.74, 6) is -0.624. The van der Waals surface area contributed by atoms with Crippen LogP contribution in [0.1, 0.15) is 21.5 Å². The first-order valence-corrected chi connectivity index (χ1v) is 8.36. The van der Waals surface area contributed by atoms with Crippen LogP contribution >= 0.6 is 11.6 Å². The molecule has 6 heteroatoms. The lowest BCUT2D eigenvalue weighted by molar-refractivity contribution is 0.102. The van der Waals surface area contributed by atoms with Crippen molar-refractivity contribution in [1.82, 2.24) is 4.98 Å². The third-order valence-corrected chi connectivity index (χ3v) is 4.10. The van der Waals surface area contributed by atoms with E-state index in [1.807, 2.05) is 19.9 Å². The maximum Gasteiger partial charge on any atom is 0.257 e. The average molecular weight is 370 g/mol. The monoisotopic (exact) mass is 369 g/mol. The second kappa shape index (κ2) is 7.54. The molecule has 3 rings (SSSR count). The minimum Gasteiger partial charge on any atom is -0.354 e.